The topological polar surface area (TPSA) is 15.3 Å². The molecule has 4 heteroatoms. The molecular formula is C9H12Cl2N2. The number of halogens is 2. The molecule has 0 radical (unpaired) electrons. The van der Waals surface area contributed by atoms with Crippen molar-refractivity contribution in [3.8, 4) is 0 Å². The minimum atomic E-state index is 0.687. The van der Waals surface area contributed by atoms with Crippen LogP contribution in [0, 0.1) is 0 Å². The van der Waals surface area contributed by atoms with Crippen LogP contribution in [-0.2, 0) is 6.54 Å². The van der Waals surface area contributed by atoms with Gasteiger partial charge in [-0.05, 0) is 23.8 Å². The van der Waals surface area contributed by atoms with Crippen molar-refractivity contribution in [3.05, 3.63) is 33.8 Å². The molecule has 1 rings (SSSR count). The van der Waals surface area contributed by atoms with Crippen LogP contribution in [0.2, 0.25) is 10.0 Å². The largest absolute Gasteiger partial charge is 0.251 e. The van der Waals surface area contributed by atoms with Crippen molar-refractivity contribution in [1.82, 2.24) is 10.4 Å². The van der Waals surface area contributed by atoms with E-state index in [4.69, 9.17) is 23.2 Å². The SMILES string of the molecule is CN(C)NCc1cc(Cl)ccc1Cl. The maximum atomic E-state index is 5.96. The summed E-state index contributed by atoms with van der Waals surface area (Å²) in [4.78, 5) is 0. The van der Waals surface area contributed by atoms with Crippen LogP contribution >= 0.6 is 23.2 Å². The van der Waals surface area contributed by atoms with Gasteiger partial charge in [-0.2, -0.15) is 0 Å². The average Bonchev–Trinajstić information content (AvgIpc) is 2.06. The van der Waals surface area contributed by atoms with Crippen LogP contribution in [0.15, 0.2) is 18.2 Å². The Morgan fingerprint density at radius 3 is 2.62 bits per heavy atom. The molecule has 0 bridgehead atoms. The number of benzene rings is 1. The number of rotatable bonds is 3. The predicted octanol–water partition coefficient (Wildman–Crippen LogP) is 2.56. The van der Waals surface area contributed by atoms with Gasteiger partial charge in [0.15, 0.2) is 0 Å². The molecule has 1 aromatic rings. The number of hydrogen-bond donors (Lipinski definition) is 1. The number of nitrogens with one attached hydrogen (secondary N) is 1. The Bertz CT molecular complexity index is 287. The zero-order valence-electron chi connectivity index (χ0n) is 7.64. The molecule has 13 heavy (non-hydrogen) atoms. The monoisotopic (exact) mass is 218 g/mol. The van der Waals surface area contributed by atoms with E-state index in [2.05, 4.69) is 5.43 Å². The van der Waals surface area contributed by atoms with Gasteiger partial charge in [0.2, 0.25) is 0 Å². The lowest BCUT2D eigenvalue weighted by molar-refractivity contribution is 0.286. The van der Waals surface area contributed by atoms with E-state index in [1.54, 1.807) is 12.1 Å². The third-order valence-electron chi connectivity index (χ3n) is 1.59. The Labute approximate surface area is 88.4 Å². The van der Waals surface area contributed by atoms with Gasteiger partial charge in [-0.3, -0.25) is 10.4 Å². The van der Waals surface area contributed by atoms with Crippen molar-refractivity contribution < 1.29 is 0 Å². The third-order valence-corrected chi connectivity index (χ3v) is 2.20. The van der Waals surface area contributed by atoms with Crippen LogP contribution in [-0.4, -0.2) is 19.1 Å². The second-order valence-corrected chi connectivity index (χ2v) is 3.81. The van der Waals surface area contributed by atoms with E-state index < -0.39 is 0 Å². The lowest BCUT2D eigenvalue weighted by Crippen LogP contribution is -2.29. The van der Waals surface area contributed by atoms with Crippen molar-refractivity contribution in [2.24, 2.45) is 0 Å². The molecule has 1 N–H and O–H groups in total. The van der Waals surface area contributed by atoms with Crippen LogP contribution in [0.25, 0.3) is 0 Å². The van der Waals surface area contributed by atoms with Gasteiger partial charge in [-0.25, -0.2) is 0 Å². The molecule has 0 spiro atoms. The van der Waals surface area contributed by atoms with E-state index in [9.17, 15) is 0 Å². The van der Waals surface area contributed by atoms with Gasteiger partial charge in [-0.15, -0.1) is 0 Å². The molecule has 2 nitrogen and oxygen atoms in total. The van der Waals surface area contributed by atoms with Gasteiger partial charge in [0.05, 0.1) is 0 Å². The Hall–Kier alpha value is -0.280. The van der Waals surface area contributed by atoms with Gasteiger partial charge >= 0.3 is 0 Å². The average molecular weight is 219 g/mol. The van der Waals surface area contributed by atoms with Crippen LogP contribution in [0.1, 0.15) is 5.56 Å². The standard InChI is InChI=1S/C9H12Cl2N2/c1-13(2)12-6-7-5-8(10)3-4-9(7)11/h3-5,12H,6H2,1-2H3. The van der Waals surface area contributed by atoms with Crippen LogP contribution in [0.4, 0.5) is 0 Å². The predicted molar refractivity (Wildman–Crippen MR) is 57.0 cm³/mol. The summed E-state index contributed by atoms with van der Waals surface area (Å²) in [6.07, 6.45) is 0. The maximum absolute atomic E-state index is 5.96. The summed E-state index contributed by atoms with van der Waals surface area (Å²) in [5.74, 6) is 0. The van der Waals surface area contributed by atoms with Crippen LogP contribution in [0.3, 0.4) is 0 Å². The first-order valence-corrected chi connectivity index (χ1v) is 4.70. The molecular weight excluding hydrogens is 207 g/mol. The van der Waals surface area contributed by atoms with Crippen molar-refractivity contribution in [1.29, 1.82) is 0 Å². The van der Waals surface area contributed by atoms with Crippen molar-refractivity contribution >= 4 is 23.2 Å². The highest BCUT2D eigenvalue weighted by molar-refractivity contribution is 6.33. The number of hydrogen-bond acceptors (Lipinski definition) is 2. The molecule has 0 heterocycles. The molecule has 0 aliphatic rings. The van der Waals surface area contributed by atoms with Crippen LogP contribution in [0.5, 0.6) is 0 Å². The molecule has 0 saturated heterocycles. The molecule has 1 aromatic carbocycles. The highest BCUT2D eigenvalue weighted by atomic mass is 35.5. The number of nitrogens with zero attached hydrogens (tertiary/aromatic N) is 1. The molecule has 0 aromatic heterocycles. The zero-order valence-corrected chi connectivity index (χ0v) is 9.15. The highest BCUT2D eigenvalue weighted by Gasteiger charge is 2.00. The van der Waals surface area contributed by atoms with Gasteiger partial charge in [0.1, 0.15) is 0 Å². The molecule has 72 valence electrons. The normalized spacial score (nSPS) is 10.8. The molecule has 0 aliphatic heterocycles. The smallest absolute Gasteiger partial charge is 0.0452 e. The first-order valence-electron chi connectivity index (χ1n) is 3.94. The molecule has 0 unspecified atom stereocenters. The van der Waals surface area contributed by atoms with E-state index in [0.717, 1.165) is 10.6 Å². The minimum Gasteiger partial charge on any atom is -0.251 e. The summed E-state index contributed by atoms with van der Waals surface area (Å²) >= 11 is 11.8. The first-order chi connectivity index (χ1) is 6.09. The second-order valence-electron chi connectivity index (χ2n) is 2.97. The van der Waals surface area contributed by atoms with Gasteiger partial charge in [0.25, 0.3) is 0 Å². The Balaban J connectivity index is 2.70. The summed E-state index contributed by atoms with van der Waals surface area (Å²) in [7, 11) is 3.86. The molecule has 0 amide bonds. The lowest BCUT2D eigenvalue weighted by atomic mass is 10.2. The Morgan fingerprint density at radius 1 is 1.31 bits per heavy atom. The summed E-state index contributed by atoms with van der Waals surface area (Å²) < 4.78 is 0. The molecule has 0 fully saturated rings. The van der Waals surface area contributed by atoms with E-state index in [1.807, 2.05) is 25.2 Å². The van der Waals surface area contributed by atoms with E-state index >= 15 is 0 Å². The summed E-state index contributed by atoms with van der Waals surface area (Å²) in [6.45, 7) is 0.687. The Kier molecular flexibility index (Phi) is 4.00. The quantitative estimate of drug-likeness (QED) is 0.786. The fourth-order valence-electron chi connectivity index (χ4n) is 0.922. The van der Waals surface area contributed by atoms with E-state index in [0.29, 0.717) is 11.6 Å². The zero-order chi connectivity index (χ0) is 9.84. The maximum Gasteiger partial charge on any atom is 0.0452 e. The second kappa shape index (κ2) is 4.82. The summed E-state index contributed by atoms with van der Waals surface area (Å²) in [5, 5.41) is 3.32. The third kappa shape index (κ3) is 3.53. The summed E-state index contributed by atoms with van der Waals surface area (Å²) in [5.41, 5.74) is 4.12. The lowest BCUT2D eigenvalue weighted by Gasteiger charge is -2.12. The summed E-state index contributed by atoms with van der Waals surface area (Å²) in [6, 6.07) is 5.44. The van der Waals surface area contributed by atoms with E-state index in [-0.39, 0.29) is 0 Å². The Morgan fingerprint density at radius 2 is 2.00 bits per heavy atom. The van der Waals surface area contributed by atoms with Crippen molar-refractivity contribution in [3.63, 3.8) is 0 Å². The van der Waals surface area contributed by atoms with Gasteiger partial charge in [0, 0.05) is 30.7 Å². The fourth-order valence-corrected chi connectivity index (χ4v) is 1.30. The molecule has 0 saturated carbocycles. The van der Waals surface area contributed by atoms with Crippen LogP contribution < -0.4 is 5.43 Å². The van der Waals surface area contributed by atoms with Crippen molar-refractivity contribution in [2.75, 3.05) is 14.1 Å². The molecule has 0 aliphatic carbocycles. The van der Waals surface area contributed by atoms with Crippen molar-refractivity contribution in [2.45, 2.75) is 6.54 Å². The van der Waals surface area contributed by atoms with Gasteiger partial charge < -0.3 is 0 Å². The number of hydrazine groups is 1. The molecule has 0 atom stereocenters. The first kappa shape index (κ1) is 10.8. The minimum absolute atomic E-state index is 0.687. The van der Waals surface area contributed by atoms with Gasteiger partial charge in [-0.1, -0.05) is 23.2 Å². The fraction of sp³-hybridized carbons (Fsp3) is 0.333. The van der Waals surface area contributed by atoms with E-state index in [1.165, 1.54) is 0 Å². The highest BCUT2D eigenvalue weighted by Crippen LogP contribution is 2.20.